The van der Waals surface area contributed by atoms with Crippen molar-refractivity contribution in [3.63, 3.8) is 0 Å². The molecule has 0 fully saturated rings. The summed E-state index contributed by atoms with van der Waals surface area (Å²) >= 11 is 1.33. The minimum atomic E-state index is -0.257. The second-order valence-electron chi connectivity index (χ2n) is 4.68. The average molecular weight is 318 g/mol. The van der Waals surface area contributed by atoms with Crippen LogP contribution in [-0.2, 0) is 11.3 Å². The Labute approximate surface area is 133 Å². The summed E-state index contributed by atoms with van der Waals surface area (Å²) in [6.07, 6.45) is 0. The van der Waals surface area contributed by atoms with Gasteiger partial charge in [-0.05, 0) is 17.0 Å². The monoisotopic (exact) mass is 318 g/mol. The molecule has 6 heteroatoms. The number of rotatable bonds is 7. The highest BCUT2D eigenvalue weighted by molar-refractivity contribution is 7.12. The number of benzene rings is 1. The molecule has 0 bridgehead atoms. The van der Waals surface area contributed by atoms with Crippen LogP contribution in [0.3, 0.4) is 0 Å². The fourth-order valence-electron chi connectivity index (χ4n) is 1.98. The summed E-state index contributed by atoms with van der Waals surface area (Å²) in [5.74, 6) is -0.477. The van der Waals surface area contributed by atoms with E-state index in [0.29, 0.717) is 11.4 Å². The van der Waals surface area contributed by atoms with E-state index in [-0.39, 0.29) is 31.5 Å². The zero-order chi connectivity index (χ0) is 15.8. The van der Waals surface area contributed by atoms with Crippen molar-refractivity contribution in [3.05, 3.63) is 58.3 Å². The third-order valence-corrected chi connectivity index (χ3v) is 3.95. The van der Waals surface area contributed by atoms with Gasteiger partial charge in [-0.1, -0.05) is 36.4 Å². The highest BCUT2D eigenvalue weighted by Crippen LogP contribution is 2.08. The Kier molecular flexibility index (Phi) is 6.12. The number of carbonyl (C=O) groups excluding carboxylic acids is 2. The Morgan fingerprint density at radius 3 is 2.55 bits per heavy atom. The van der Waals surface area contributed by atoms with Gasteiger partial charge in [-0.3, -0.25) is 9.59 Å². The molecular formula is C16H18N2O3S. The highest BCUT2D eigenvalue weighted by atomic mass is 32.1. The van der Waals surface area contributed by atoms with Gasteiger partial charge in [0, 0.05) is 13.1 Å². The van der Waals surface area contributed by atoms with Crippen LogP contribution < -0.4 is 5.32 Å². The fourth-order valence-corrected chi connectivity index (χ4v) is 2.62. The topological polar surface area (TPSA) is 69.6 Å². The molecule has 0 unspecified atom stereocenters. The molecule has 0 spiro atoms. The van der Waals surface area contributed by atoms with Gasteiger partial charge < -0.3 is 15.3 Å². The molecule has 1 heterocycles. The molecule has 0 radical (unpaired) electrons. The average Bonchev–Trinajstić information content (AvgIpc) is 3.07. The van der Waals surface area contributed by atoms with Crippen LogP contribution >= 0.6 is 11.3 Å². The quantitative estimate of drug-likeness (QED) is 0.813. The molecule has 0 aliphatic carbocycles. The van der Waals surface area contributed by atoms with E-state index in [0.717, 1.165) is 5.56 Å². The standard InChI is InChI=1S/C16H18N2O3S/c19-9-8-18(12-13-5-2-1-3-6-13)15(20)11-17-16(21)14-7-4-10-22-14/h1-7,10,19H,8-9,11-12H2,(H,17,21). The van der Waals surface area contributed by atoms with Crippen LogP contribution in [0.15, 0.2) is 47.8 Å². The van der Waals surface area contributed by atoms with E-state index < -0.39 is 0 Å². The van der Waals surface area contributed by atoms with Crippen LogP contribution in [-0.4, -0.2) is 41.5 Å². The summed E-state index contributed by atoms with van der Waals surface area (Å²) in [5, 5.41) is 13.5. The summed E-state index contributed by atoms with van der Waals surface area (Å²) < 4.78 is 0. The fraction of sp³-hybridized carbons (Fsp3) is 0.250. The first-order chi connectivity index (χ1) is 10.7. The molecule has 0 saturated heterocycles. The zero-order valence-corrected chi connectivity index (χ0v) is 12.9. The maximum Gasteiger partial charge on any atom is 0.261 e. The van der Waals surface area contributed by atoms with E-state index in [1.807, 2.05) is 35.7 Å². The number of nitrogens with one attached hydrogen (secondary N) is 1. The predicted molar refractivity (Wildman–Crippen MR) is 85.6 cm³/mol. The second kappa shape index (κ2) is 8.31. The van der Waals surface area contributed by atoms with E-state index in [1.54, 1.807) is 12.1 Å². The minimum absolute atomic E-state index is 0.0798. The van der Waals surface area contributed by atoms with Crippen LogP contribution in [0.25, 0.3) is 0 Å². The van der Waals surface area contributed by atoms with Gasteiger partial charge in [0.15, 0.2) is 0 Å². The van der Waals surface area contributed by atoms with Crippen LogP contribution in [0, 0.1) is 0 Å². The molecule has 5 nitrogen and oxygen atoms in total. The van der Waals surface area contributed by atoms with E-state index >= 15 is 0 Å². The number of nitrogens with zero attached hydrogens (tertiary/aromatic N) is 1. The molecule has 2 aromatic rings. The summed E-state index contributed by atoms with van der Waals surface area (Å²) in [7, 11) is 0. The minimum Gasteiger partial charge on any atom is -0.395 e. The van der Waals surface area contributed by atoms with Crippen LogP contribution in [0.5, 0.6) is 0 Å². The summed E-state index contributed by atoms with van der Waals surface area (Å²) in [6, 6.07) is 13.0. The van der Waals surface area contributed by atoms with Crippen molar-refractivity contribution in [2.45, 2.75) is 6.54 Å². The maximum absolute atomic E-state index is 12.2. The molecule has 22 heavy (non-hydrogen) atoms. The van der Waals surface area contributed by atoms with Crippen molar-refractivity contribution >= 4 is 23.2 Å². The van der Waals surface area contributed by atoms with Gasteiger partial charge in [0.2, 0.25) is 5.91 Å². The lowest BCUT2D eigenvalue weighted by Crippen LogP contribution is -2.41. The number of hydrogen-bond donors (Lipinski definition) is 2. The third kappa shape index (κ3) is 4.68. The Morgan fingerprint density at radius 1 is 1.14 bits per heavy atom. The lowest BCUT2D eigenvalue weighted by atomic mass is 10.2. The van der Waals surface area contributed by atoms with Crippen molar-refractivity contribution in [2.75, 3.05) is 19.7 Å². The first-order valence-electron chi connectivity index (χ1n) is 6.95. The van der Waals surface area contributed by atoms with Crippen LogP contribution in [0.1, 0.15) is 15.2 Å². The molecule has 2 N–H and O–H groups in total. The Hall–Kier alpha value is -2.18. The third-order valence-electron chi connectivity index (χ3n) is 3.08. The maximum atomic E-state index is 12.2. The smallest absolute Gasteiger partial charge is 0.261 e. The zero-order valence-electron chi connectivity index (χ0n) is 12.1. The lowest BCUT2D eigenvalue weighted by molar-refractivity contribution is -0.131. The molecule has 0 aliphatic heterocycles. The Balaban J connectivity index is 1.90. The molecule has 2 rings (SSSR count). The van der Waals surface area contributed by atoms with E-state index in [4.69, 9.17) is 5.11 Å². The lowest BCUT2D eigenvalue weighted by Gasteiger charge is -2.22. The number of hydrogen-bond acceptors (Lipinski definition) is 4. The van der Waals surface area contributed by atoms with Crippen LogP contribution in [0.2, 0.25) is 0 Å². The molecule has 0 saturated carbocycles. The van der Waals surface area contributed by atoms with Crippen molar-refractivity contribution < 1.29 is 14.7 Å². The molecular weight excluding hydrogens is 300 g/mol. The number of aliphatic hydroxyl groups is 1. The van der Waals surface area contributed by atoms with Gasteiger partial charge in [-0.2, -0.15) is 0 Å². The van der Waals surface area contributed by atoms with Gasteiger partial charge in [0.05, 0.1) is 18.0 Å². The Morgan fingerprint density at radius 2 is 1.91 bits per heavy atom. The van der Waals surface area contributed by atoms with E-state index in [2.05, 4.69) is 5.32 Å². The van der Waals surface area contributed by atoms with Gasteiger partial charge in [0.1, 0.15) is 0 Å². The Bertz CT molecular complexity index is 599. The van der Waals surface area contributed by atoms with Crippen molar-refractivity contribution in [2.24, 2.45) is 0 Å². The summed E-state index contributed by atoms with van der Waals surface area (Å²) in [5.41, 5.74) is 0.980. The van der Waals surface area contributed by atoms with Gasteiger partial charge in [-0.25, -0.2) is 0 Å². The van der Waals surface area contributed by atoms with Crippen molar-refractivity contribution in [3.8, 4) is 0 Å². The molecule has 0 aliphatic rings. The van der Waals surface area contributed by atoms with Crippen LogP contribution in [0.4, 0.5) is 0 Å². The van der Waals surface area contributed by atoms with Gasteiger partial charge in [0.25, 0.3) is 5.91 Å². The second-order valence-corrected chi connectivity index (χ2v) is 5.63. The number of thiophene rings is 1. The number of aliphatic hydroxyl groups excluding tert-OH is 1. The van der Waals surface area contributed by atoms with Gasteiger partial charge in [-0.15, -0.1) is 11.3 Å². The van der Waals surface area contributed by atoms with Crippen molar-refractivity contribution in [1.29, 1.82) is 0 Å². The largest absolute Gasteiger partial charge is 0.395 e. The predicted octanol–water partition coefficient (Wildman–Crippen LogP) is 1.50. The first-order valence-corrected chi connectivity index (χ1v) is 7.83. The SMILES string of the molecule is O=C(NCC(=O)N(CCO)Cc1ccccc1)c1cccs1. The summed E-state index contributed by atoms with van der Waals surface area (Å²) in [4.78, 5) is 26.1. The first kappa shape index (κ1) is 16.2. The van der Waals surface area contributed by atoms with E-state index in [9.17, 15) is 9.59 Å². The molecule has 1 aromatic heterocycles. The number of amides is 2. The highest BCUT2D eigenvalue weighted by Gasteiger charge is 2.15. The molecule has 116 valence electrons. The normalized spacial score (nSPS) is 10.2. The molecule has 1 aromatic carbocycles. The van der Waals surface area contributed by atoms with Gasteiger partial charge >= 0.3 is 0 Å². The van der Waals surface area contributed by atoms with E-state index in [1.165, 1.54) is 16.2 Å². The number of carbonyl (C=O) groups is 2. The molecule has 0 atom stereocenters. The summed E-state index contributed by atoms with van der Waals surface area (Å²) in [6.45, 7) is 0.457. The van der Waals surface area contributed by atoms with Crippen molar-refractivity contribution in [1.82, 2.24) is 10.2 Å². The molecule has 2 amide bonds.